The van der Waals surface area contributed by atoms with Crippen LogP contribution in [0.3, 0.4) is 0 Å². The van der Waals surface area contributed by atoms with Crippen molar-refractivity contribution < 1.29 is 14.6 Å². The molecule has 2 amide bonds. The highest BCUT2D eigenvalue weighted by molar-refractivity contribution is 6.42. The Labute approximate surface area is 169 Å². The summed E-state index contributed by atoms with van der Waals surface area (Å²) in [5, 5.41) is 12.9. The first-order valence-corrected chi connectivity index (χ1v) is 9.52. The molecule has 0 fully saturated rings. The molecule has 2 aromatic carbocycles. The van der Waals surface area contributed by atoms with Gasteiger partial charge in [0.2, 0.25) is 0 Å². The average Bonchev–Trinajstić information content (AvgIpc) is 2.62. The lowest BCUT2D eigenvalue weighted by Crippen LogP contribution is -2.35. The van der Waals surface area contributed by atoms with Gasteiger partial charge in [0.15, 0.2) is 0 Å². The standard InChI is InChI=1S/C20H24Cl2N2O3/c1-14(2)27-17-7-5-16(6-8-17)23-20(26)24(10-3-11-25)13-15-4-9-18(21)19(22)12-15/h4-9,12,14,25H,3,10-11,13H2,1-2H3,(H,23,26). The lowest BCUT2D eigenvalue weighted by Gasteiger charge is -2.23. The Bertz CT molecular complexity index is 751. The van der Waals surface area contributed by atoms with Crippen molar-refractivity contribution >= 4 is 34.9 Å². The van der Waals surface area contributed by atoms with Gasteiger partial charge in [-0.2, -0.15) is 0 Å². The fourth-order valence-electron chi connectivity index (χ4n) is 2.46. The molecule has 2 aromatic rings. The van der Waals surface area contributed by atoms with Crippen LogP contribution in [-0.4, -0.2) is 35.3 Å². The Hall–Kier alpha value is -1.95. The minimum Gasteiger partial charge on any atom is -0.491 e. The summed E-state index contributed by atoms with van der Waals surface area (Å²) in [6.07, 6.45) is 0.571. The Morgan fingerprint density at radius 1 is 1.15 bits per heavy atom. The maximum absolute atomic E-state index is 12.7. The first kappa shape index (κ1) is 21.4. The van der Waals surface area contributed by atoms with Crippen molar-refractivity contribution in [2.24, 2.45) is 0 Å². The summed E-state index contributed by atoms with van der Waals surface area (Å²) < 4.78 is 5.60. The van der Waals surface area contributed by atoms with Crippen LogP contribution in [0.5, 0.6) is 5.75 Å². The van der Waals surface area contributed by atoms with E-state index in [-0.39, 0.29) is 18.7 Å². The van der Waals surface area contributed by atoms with Crippen LogP contribution in [0.1, 0.15) is 25.8 Å². The van der Waals surface area contributed by atoms with E-state index in [0.717, 1.165) is 11.3 Å². The van der Waals surface area contributed by atoms with Gasteiger partial charge in [-0.1, -0.05) is 29.3 Å². The lowest BCUT2D eigenvalue weighted by atomic mass is 10.2. The normalized spacial score (nSPS) is 10.7. The molecule has 2 rings (SSSR count). The van der Waals surface area contributed by atoms with E-state index in [0.29, 0.717) is 35.2 Å². The summed E-state index contributed by atoms with van der Waals surface area (Å²) in [7, 11) is 0. The van der Waals surface area contributed by atoms with Gasteiger partial charge in [0.1, 0.15) is 5.75 Å². The number of aliphatic hydroxyl groups is 1. The monoisotopic (exact) mass is 410 g/mol. The number of rotatable bonds is 8. The molecular formula is C20H24Cl2N2O3. The smallest absolute Gasteiger partial charge is 0.322 e. The number of hydrogen-bond donors (Lipinski definition) is 2. The third kappa shape index (κ3) is 6.94. The average molecular weight is 411 g/mol. The Kier molecular flexibility index (Phi) is 8.23. The van der Waals surface area contributed by atoms with Crippen LogP contribution in [-0.2, 0) is 6.54 Å². The fourth-order valence-corrected chi connectivity index (χ4v) is 2.78. The minimum absolute atomic E-state index is 0.00634. The van der Waals surface area contributed by atoms with Crippen LogP contribution >= 0.6 is 23.2 Å². The predicted molar refractivity (Wildman–Crippen MR) is 110 cm³/mol. The van der Waals surface area contributed by atoms with E-state index in [9.17, 15) is 4.79 Å². The van der Waals surface area contributed by atoms with Gasteiger partial charge in [-0.05, 0) is 62.2 Å². The van der Waals surface area contributed by atoms with Crippen LogP contribution in [0.4, 0.5) is 10.5 Å². The number of nitrogens with one attached hydrogen (secondary N) is 1. The number of urea groups is 1. The zero-order valence-electron chi connectivity index (χ0n) is 15.4. The van der Waals surface area contributed by atoms with E-state index in [4.69, 9.17) is 33.0 Å². The summed E-state index contributed by atoms with van der Waals surface area (Å²) in [5.74, 6) is 0.746. The highest BCUT2D eigenvalue weighted by atomic mass is 35.5. The zero-order chi connectivity index (χ0) is 19.8. The molecule has 0 aliphatic heterocycles. The number of nitrogens with zero attached hydrogens (tertiary/aromatic N) is 1. The number of hydrogen-bond acceptors (Lipinski definition) is 3. The predicted octanol–water partition coefficient (Wildman–Crippen LogP) is 5.20. The molecular weight excluding hydrogens is 387 g/mol. The van der Waals surface area contributed by atoms with E-state index < -0.39 is 0 Å². The van der Waals surface area contributed by atoms with Crippen molar-refractivity contribution in [1.29, 1.82) is 0 Å². The highest BCUT2D eigenvalue weighted by Crippen LogP contribution is 2.24. The molecule has 146 valence electrons. The zero-order valence-corrected chi connectivity index (χ0v) is 16.9. The topological polar surface area (TPSA) is 61.8 Å². The molecule has 2 N–H and O–H groups in total. The number of carbonyl (C=O) groups is 1. The number of anilines is 1. The molecule has 0 saturated carbocycles. The van der Waals surface area contributed by atoms with Gasteiger partial charge in [0.25, 0.3) is 0 Å². The molecule has 0 spiro atoms. The van der Waals surface area contributed by atoms with Crippen LogP contribution in [0.25, 0.3) is 0 Å². The van der Waals surface area contributed by atoms with Crippen LogP contribution in [0.15, 0.2) is 42.5 Å². The maximum Gasteiger partial charge on any atom is 0.322 e. The Morgan fingerprint density at radius 3 is 2.44 bits per heavy atom. The second-order valence-electron chi connectivity index (χ2n) is 6.37. The second-order valence-corrected chi connectivity index (χ2v) is 7.18. The molecule has 0 unspecified atom stereocenters. The van der Waals surface area contributed by atoms with E-state index in [2.05, 4.69) is 5.32 Å². The first-order valence-electron chi connectivity index (χ1n) is 8.76. The third-order valence-corrected chi connectivity index (χ3v) is 4.45. The Balaban J connectivity index is 2.05. The van der Waals surface area contributed by atoms with Gasteiger partial charge >= 0.3 is 6.03 Å². The van der Waals surface area contributed by atoms with Gasteiger partial charge < -0.3 is 20.1 Å². The van der Waals surface area contributed by atoms with E-state index >= 15 is 0 Å². The molecule has 5 nitrogen and oxygen atoms in total. The minimum atomic E-state index is -0.257. The van der Waals surface area contributed by atoms with Crippen molar-refractivity contribution in [3.63, 3.8) is 0 Å². The van der Waals surface area contributed by atoms with Crippen molar-refractivity contribution in [1.82, 2.24) is 4.90 Å². The fraction of sp³-hybridized carbons (Fsp3) is 0.350. The van der Waals surface area contributed by atoms with Crippen LogP contribution in [0, 0.1) is 0 Å². The molecule has 27 heavy (non-hydrogen) atoms. The number of ether oxygens (including phenoxy) is 1. The molecule has 0 aliphatic carbocycles. The van der Waals surface area contributed by atoms with E-state index in [1.54, 1.807) is 29.2 Å². The van der Waals surface area contributed by atoms with Gasteiger partial charge in [-0.3, -0.25) is 0 Å². The highest BCUT2D eigenvalue weighted by Gasteiger charge is 2.15. The number of benzene rings is 2. The number of aliphatic hydroxyl groups excluding tert-OH is 1. The van der Waals surface area contributed by atoms with Gasteiger partial charge in [-0.25, -0.2) is 4.79 Å². The van der Waals surface area contributed by atoms with Gasteiger partial charge in [0, 0.05) is 25.4 Å². The molecule has 0 heterocycles. The third-order valence-electron chi connectivity index (χ3n) is 3.71. The number of halogens is 2. The summed E-state index contributed by atoms with van der Waals surface area (Å²) >= 11 is 12.0. The van der Waals surface area contributed by atoms with E-state index in [1.165, 1.54) is 0 Å². The number of carbonyl (C=O) groups excluding carboxylic acids is 1. The van der Waals surface area contributed by atoms with Crippen molar-refractivity contribution in [2.45, 2.75) is 32.9 Å². The van der Waals surface area contributed by atoms with Crippen molar-refractivity contribution in [2.75, 3.05) is 18.5 Å². The van der Waals surface area contributed by atoms with Crippen LogP contribution in [0.2, 0.25) is 10.0 Å². The second kappa shape index (κ2) is 10.4. The summed E-state index contributed by atoms with van der Waals surface area (Å²) in [4.78, 5) is 14.3. The largest absolute Gasteiger partial charge is 0.491 e. The SMILES string of the molecule is CC(C)Oc1ccc(NC(=O)N(CCCO)Cc2ccc(Cl)c(Cl)c2)cc1. The lowest BCUT2D eigenvalue weighted by molar-refractivity contribution is 0.199. The van der Waals surface area contributed by atoms with Crippen molar-refractivity contribution in [3.05, 3.63) is 58.1 Å². The maximum atomic E-state index is 12.7. The first-order chi connectivity index (χ1) is 12.9. The number of amides is 2. The molecule has 0 atom stereocenters. The van der Waals surface area contributed by atoms with Gasteiger partial charge in [-0.15, -0.1) is 0 Å². The van der Waals surface area contributed by atoms with Gasteiger partial charge in [0.05, 0.1) is 16.1 Å². The quantitative estimate of drug-likeness (QED) is 0.628. The summed E-state index contributed by atoms with van der Waals surface area (Å²) in [5.41, 5.74) is 1.53. The van der Waals surface area contributed by atoms with Crippen LogP contribution < -0.4 is 10.1 Å². The molecule has 7 heteroatoms. The molecule has 0 radical (unpaired) electrons. The van der Waals surface area contributed by atoms with Crippen molar-refractivity contribution in [3.8, 4) is 5.75 Å². The summed E-state index contributed by atoms with van der Waals surface area (Å²) in [6.45, 7) is 4.69. The molecule has 0 saturated heterocycles. The van der Waals surface area contributed by atoms with E-state index in [1.807, 2.05) is 32.0 Å². The Morgan fingerprint density at radius 2 is 1.85 bits per heavy atom. The molecule has 0 aromatic heterocycles. The summed E-state index contributed by atoms with van der Waals surface area (Å²) in [6, 6.07) is 12.2. The molecule has 0 aliphatic rings. The molecule has 0 bridgehead atoms.